The molecule has 4 aliphatic rings. The number of nitrogens with zero attached hydrogens (tertiary/aromatic N) is 6. The first-order chi connectivity index (χ1) is 43.1. The van der Waals surface area contributed by atoms with E-state index in [2.05, 4.69) is 327 Å². The van der Waals surface area contributed by atoms with Gasteiger partial charge in [-0.3, -0.25) is 0 Å². The number of fused-ring (bicyclic) bond motifs is 14. The van der Waals surface area contributed by atoms with Crippen LogP contribution in [-0.2, 0) is 0 Å². The molecule has 0 spiro atoms. The van der Waals surface area contributed by atoms with Gasteiger partial charge < -0.3 is 28.7 Å². The molecule has 4 aliphatic heterocycles. The summed E-state index contributed by atoms with van der Waals surface area (Å²) in [6.45, 7) is 6.18. The van der Waals surface area contributed by atoms with Crippen LogP contribution < -0.4 is 52.4 Å². The van der Waals surface area contributed by atoms with Gasteiger partial charge in [0.05, 0.1) is 22.4 Å². The third kappa shape index (κ3) is 7.13. The quantitative estimate of drug-likeness (QED) is 0.101. The molecule has 0 aliphatic carbocycles. The van der Waals surface area contributed by atoms with Crippen molar-refractivity contribution in [3.63, 3.8) is 0 Å². The molecule has 0 saturated heterocycles. The highest BCUT2D eigenvalue weighted by atomic mass is 15.2. The molecule has 0 amide bonds. The van der Waals surface area contributed by atoms with E-state index in [4.69, 9.17) is 0 Å². The van der Waals surface area contributed by atoms with Gasteiger partial charge in [0.2, 0.25) is 0 Å². The minimum atomic E-state index is -0.0357. The smallest absolute Gasteiger partial charge is 0.252 e. The number of aromatic nitrogens is 2. The standard InChI is InChI=1S/C79H54B2N6/c1-3-4-10-27-52(2)82-68-44-23-21-40-64(68)80-66-42-25-38-60-62-51-71-63(50-70(62)86(78(60)66)74-48-58(46-72(82)76(74)80)83(53-28-11-5-12-29-53)54-30-13-6-14-31-54)61-39-26-43-67-79(61)87(71)75-49-59(84(55-32-15-7-16-33-55)56-34-17-8-18-35-56)47-73-77(75)81(67)65-41-22-24-45-69(65)85(73)57-36-19-9-20-37-57/h3-51H,1H2,2H3/b10-4-,52-27+. The molecule has 6 nitrogen and oxygen atoms in total. The Kier molecular flexibility index (Phi) is 10.8. The van der Waals surface area contributed by atoms with Gasteiger partial charge in [0.1, 0.15) is 0 Å². The van der Waals surface area contributed by atoms with Crippen LogP contribution in [0.4, 0.5) is 62.6 Å². The second kappa shape index (κ2) is 19.2. The van der Waals surface area contributed by atoms with Gasteiger partial charge in [-0.1, -0.05) is 189 Å². The zero-order valence-electron chi connectivity index (χ0n) is 47.8. The lowest BCUT2D eigenvalue weighted by Crippen LogP contribution is -2.60. The summed E-state index contributed by atoms with van der Waals surface area (Å²) in [7, 11) is 0. The molecule has 0 unspecified atom stereocenters. The van der Waals surface area contributed by atoms with Crippen LogP contribution in [0, 0.1) is 0 Å². The summed E-state index contributed by atoms with van der Waals surface area (Å²) in [4.78, 5) is 9.85. The first-order valence-electron chi connectivity index (χ1n) is 30.1. The highest BCUT2D eigenvalue weighted by Crippen LogP contribution is 2.49. The monoisotopic (exact) mass is 1110 g/mol. The van der Waals surface area contributed by atoms with Crippen molar-refractivity contribution in [2.24, 2.45) is 0 Å². The molecular weight excluding hydrogens is 1050 g/mol. The molecule has 0 saturated carbocycles. The van der Waals surface area contributed by atoms with Gasteiger partial charge in [-0.2, -0.15) is 0 Å². The minimum absolute atomic E-state index is 0.0289. The van der Waals surface area contributed by atoms with Crippen molar-refractivity contribution >= 4 is 152 Å². The average Bonchev–Trinajstić information content (AvgIpc) is 1.63. The number of allylic oxidation sites excluding steroid dienone is 5. The van der Waals surface area contributed by atoms with Gasteiger partial charge in [0.25, 0.3) is 13.4 Å². The Bertz CT molecular complexity index is 5150. The van der Waals surface area contributed by atoms with Crippen molar-refractivity contribution < 1.29 is 0 Å². The van der Waals surface area contributed by atoms with E-state index < -0.39 is 0 Å². The van der Waals surface area contributed by atoms with Crippen molar-refractivity contribution in [3.8, 4) is 11.4 Å². The lowest BCUT2D eigenvalue weighted by atomic mass is 9.34. The van der Waals surface area contributed by atoms with Gasteiger partial charge in [0.15, 0.2) is 0 Å². The fraction of sp³-hybridized carbons (Fsp3) is 0.0127. The maximum atomic E-state index is 4.01. The second-order valence-corrected chi connectivity index (χ2v) is 23.3. The van der Waals surface area contributed by atoms with Crippen molar-refractivity contribution in [1.82, 2.24) is 9.13 Å². The van der Waals surface area contributed by atoms with E-state index in [1.165, 1.54) is 105 Å². The Balaban J connectivity index is 0.965. The van der Waals surface area contributed by atoms with Crippen molar-refractivity contribution in [2.75, 3.05) is 19.6 Å². The molecule has 87 heavy (non-hydrogen) atoms. The van der Waals surface area contributed by atoms with Crippen molar-refractivity contribution in [2.45, 2.75) is 6.92 Å². The largest absolute Gasteiger partial charge is 0.315 e. The Morgan fingerprint density at radius 3 is 1.25 bits per heavy atom. The van der Waals surface area contributed by atoms with Crippen LogP contribution in [-0.4, -0.2) is 22.6 Å². The van der Waals surface area contributed by atoms with Gasteiger partial charge >= 0.3 is 0 Å². The first kappa shape index (κ1) is 49.2. The molecule has 14 aromatic rings. The lowest BCUT2D eigenvalue weighted by molar-refractivity contribution is 1.13. The molecule has 0 atom stereocenters. The first-order valence-corrected chi connectivity index (χ1v) is 30.1. The van der Waals surface area contributed by atoms with E-state index in [1.807, 2.05) is 12.2 Å². The van der Waals surface area contributed by atoms with Crippen LogP contribution in [0.3, 0.4) is 0 Å². The minimum Gasteiger partial charge on any atom is -0.315 e. The van der Waals surface area contributed by atoms with Gasteiger partial charge in [-0.05, 0) is 155 Å². The number of benzene rings is 12. The zero-order chi connectivity index (χ0) is 57.4. The molecule has 0 fully saturated rings. The van der Waals surface area contributed by atoms with Gasteiger partial charge in [0, 0.05) is 101 Å². The highest BCUT2D eigenvalue weighted by Gasteiger charge is 2.45. The third-order valence-electron chi connectivity index (χ3n) is 18.7. The number of anilines is 11. The van der Waals surface area contributed by atoms with Crippen LogP contribution >= 0.6 is 0 Å². The predicted molar refractivity (Wildman–Crippen MR) is 370 cm³/mol. The van der Waals surface area contributed by atoms with E-state index in [1.54, 1.807) is 0 Å². The fourth-order valence-corrected chi connectivity index (χ4v) is 15.3. The molecule has 6 heterocycles. The topological polar surface area (TPSA) is 22.8 Å². The Morgan fingerprint density at radius 1 is 0.356 bits per heavy atom. The van der Waals surface area contributed by atoms with Crippen molar-refractivity contribution in [1.29, 1.82) is 0 Å². The van der Waals surface area contributed by atoms with E-state index in [0.29, 0.717) is 0 Å². The highest BCUT2D eigenvalue weighted by molar-refractivity contribution is 7.01. The second-order valence-electron chi connectivity index (χ2n) is 23.3. The summed E-state index contributed by atoms with van der Waals surface area (Å²) in [5.74, 6) is 0. The lowest BCUT2D eigenvalue weighted by Gasteiger charge is -2.41. The maximum absolute atomic E-state index is 4.01. The molecule has 0 radical (unpaired) electrons. The predicted octanol–water partition coefficient (Wildman–Crippen LogP) is 16.4. The number of hydrogen-bond donors (Lipinski definition) is 0. The maximum Gasteiger partial charge on any atom is 0.252 e. The van der Waals surface area contributed by atoms with Crippen LogP contribution in [0.2, 0.25) is 0 Å². The zero-order valence-corrected chi connectivity index (χ0v) is 47.8. The summed E-state index contributed by atoms with van der Waals surface area (Å²) in [6, 6.07) is 102. The SMILES string of the molecule is C=C/C=C\C=C(/C)N1c2ccccc2B2c3c1cc(N(c1ccccc1)c1ccccc1)cc3-n1c3cc4c5cccc6c5n(c4cc3c3cccc2c31)-c1cc(N(c2ccccc2)c2ccccc2)cc2c1B6c1ccccc1N2c1ccccc1. The molecular formula is C79H54B2N6. The average molecular weight is 1110 g/mol. The summed E-state index contributed by atoms with van der Waals surface area (Å²) in [6.07, 6.45) is 8.16. The van der Waals surface area contributed by atoms with Crippen LogP contribution in [0.25, 0.3) is 55.0 Å². The van der Waals surface area contributed by atoms with E-state index in [9.17, 15) is 0 Å². The molecule has 8 heteroatoms. The number of para-hydroxylation sites is 9. The normalized spacial score (nSPS) is 13.3. The summed E-state index contributed by atoms with van der Waals surface area (Å²) >= 11 is 0. The Labute approximate surface area is 506 Å². The van der Waals surface area contributed by atoms with Crippen molar-refractivity contribution in [3.05, 3.63) is 310 Å². The van der Waals surface area contributed by atoms with Crippen LogP contribution in [0.15, 0.2) is 310 Å². The van der Waals surface area contributed by atoms with Gasteiger partial charge in [-0.25, -0.2) is 0 Å². The molecule has 0 bridgehead atoms. The molecule has 2 aromatic heterocycles. The number of hydrogen-bond acceptors (Lipinski definition) is 4. The Morgan fingerprint density at radius 2 is 0.759 bits per heavy atom. The third-order valence-corrected chi connectivity index (χ3v) is 18.7. The molecule has 12 aromatic carbocycles. The summed E-state index contributed by atoms with van der Waals surface area (Å²) < 4.78 is 5.27. The summed E-state index contributed by atoms with van der Waals surface area (Å²) in [5.41, 5.74) is 28.5. The summed E-state index contributed by atoms with van der Waals surface area (Å²) in [5, 5.41) is 4.91. The number of rotatable bonds is 10. The van der Waals surface area contributed by atoms with E-state index >= 15 is 0 Å². The molecule has 406 valence electrons. The molecule has 18 rings (SSSR count). The van der Waals surface area contributed by atoms with E-state index in [0.717, 1.165) is 51.2 Å². The van der Waals surface area contributed by atoms with E-state index in [-0.39, 0.29) is 13.4 Å². The molecule has 0 N–H and O–H groups in total. The Hall–Kier alpha value is -11.2. The fourth-order valence-electron chi connectivity index (χ4n) is 15.3. The van der Waals surface area contributed by atoms with Gasteiger partial charge in [-0.15, -0.1) is 0 Å². The van der Waals surface area contributed by atoms with Crippen LogP contribution in [0.1, 0.15) is 6.92 Å². The van der Waals surface area contributed by atoms with Crippen LogP contribution in [0.5, 0.6) is 0 Å².